The van der Waals surface area contributed by atoms with Crippen LogP contribution >= 0.6 is 0 Å². The molecule has 3 aromatic rings. The molecule has 0 saturated carbocycles. The fourth-order valence-corrected chi connectivity index (χ4v) is 3.49. The standard InChI is InChI=1S/C21H24N4O/c1-16-15-17(3-8-21(16)26-2)20-9-10-23-25(20)19-6-4-18(5-7-19)24-13-11-22-12-14-24/h3-10,15,22H,11-14H2,1-2H3. The molecule has 0 spiro atoms. The maximum Gasteiger partial charge on any atom is 0.121 e. The van der Waals surface area contributed by atoms with E-state index < -0.39 is 0 Å². The predicted octanol–water partition coefficient (Wildman–Crippen LogP) is 3.27. The van der Waals surface area contributed by atoms with Crippen LogP contribution in [0.4, 0.5) is 5.69 Å². The van der Waals surface area contributed by atoms with E-state index in [0.29, 0.717) is 0 Å². The summed E-state index contributed by atoms with van der Waals surface area (Å²) in [6, 6.07) is 16.9. The minimum Gasteiger partial charge on any atom is -0.496 e. The zero-order chi connectivity index (χ0) is 17.9. The van der Waals surface area contributed by atoms with Gasteiger partial charge in [0.2, 0.25) is 0 Å². The second kappa shape index (κ2) is 7.22. The van der Waals surface area contributed by atoms with Crippen molar-refractivity contribution < 1.29 is 4.74 Å². The molecule has 1 aliphatic heterocycles. The molecule has 0 aliphatic carbocycles. The van der Waals surface area contributed by atoms with E-state index in [4.69, 9.17) is 4.74 Å². The van der Waals surface area contributed by atoms with Gasteiger partial charge < -0.3 is 15.0 Å². The van der Waals surface area contributed by atoms with Gasteiger partial charge in [-0.2, -0.15) is 5.10 Å². The Bertz CT molecular complexity index is 879. The fourth-order valence-electron chi connectivity index (χ4n) is 3.49. The summed E-state index contributed by atoms with van der Waals surface area (Å²) >= 11 is 0. The molecule has 4 rings (SSSR count). The highest BCUT2D eigenvalue weighted by Crippen LogP contribution is 2.28. The molecule has 0 unspecified atom stereocenters. The smallest absolute Gasteiger partial charge is 0.121 e. The number of rotatable bonds is 4. The quantitative estimate of drug-likeness (QED) is 0.786. The predicted molar refractivity (Wildman–Crippen MR) is 105 cm³/mol. The Morgan fingerprint density at radius 3 is 2.38 bits per heavy atom. The summed E-state index contributed by atoms with van der Waals surface area (Å²) in [6.07, 6.45) is 1.85. The Morgan fingerprint density at radius 1 is 0.962 bits per heavy atom. The molecule has 0 amide bonds. The number of aryl methyl sites for hydroxylation is 1. The lowest BCUT2D eigenvalue weighted by Gasteiger charge is -2.29. The molecular formula is C21H24N4O. The van der Waals surface area contributed by atoms with Crippen LogP contribution in [-0.4, -0.2) is 43.1 Å². The highest BCUT2D eigenvalue weighted by Gasteiger charge is 2.12. The Labute approximate surface area is 154 Å². The Balaban J connectivity index is 1.63. The average molecular weight is 348 g/mol. The zero-order valence-corrected chi connectivity index (χ0v) is 15.3. The van der Waals surface area contributed by atoms with Crippen molar-refractivity contribution in [3.05, 3.63) is 60.3 Å². The van der Waals surface area contributed by atoms with Gasteiger partial charge in [0.25, 0.3) is 0 Å². The minimum atomic E-state index is 0.903. The average Bonchev–Trinajstić information content (AvgIpc) is 3.18. The topological polar surface area (TPSA) is 42.3 Å². The van der Waals surface area contributed by atoms with Crippen molar-refractivity contribution in [1.82, 2.24) is 15.1 Å². The SMILES string of the molecule is COc1ccc(-c2ccnn2-c2ccc(N3CCNCC3)cc2)cc1C. The molecule has 1 N–H and O–H groups in total. The van der Waals surface area contributed by atoms with Gasteiger partial charge in [-0.1, -0.05) is 0 Å². The summed E-state index contributed by atoms with van der Waals surface area (Å²) in [4.78, 5) is 2.41. The van der Waals surface area contributed by atoms with Crippen molar-refractivity contribution in [3.63, 3.8) is 0 Å². The maximum atomic E-state index is 5.37. The lowest BCUT2D eigenvalue weighted by molar-refractivity contribution is 0.412. The largest absolute Gasteiger partial charge is 0.496 e. The summed E-state index contributed by atoms with van der Waals surface area (Å²) in [6.45, 7) is 6.25. The molecule has 1 aliphatic rings. The molecule has 0 atom stereocenters. The number of hydrogen-bond donors (Lipinski definition) is 1. The Morgan fingerprint density at radius 2 is 1.69 bits per heavy atom. The second-order valence-electron chi connectivity index (χ2n) is 6.57. The molecule has 0 bridgehead atoms. The number of ether oxygens (including phenoxy) is 1. The number of aromatic nitrogens is 2. The van der Waals surface area contributed by atoms with Gasteiger partial charge in [-0.15, -0.1) is 0 Å². The van der Waals surface area contributed by atoms with Crippen molar-refractivity contribution in [2.24, 2.45) is 0 Å². The van der Waals surface area contributed by atoms with Gasteiger partial charge in [-0.25, -0.2) is 4.68 Å². The van der Waals surface area contributed by atoms with Crippen LogP contribution in [0.1, 0.15) is 5.56 Å². The van der Waals surface area contributed by atoms with E-state index >= 15 is 0 Å². The molecule has 1 fully saturated rings. The molecule has 2 aromatic carbocycles. The van der Waals surface area contributed by atoms with Crippen LogP contribution in [0.5, 0.6) is 5.75 Å². The second-order valence-corrected chi connectivity index (χ2v) is 6.57. The van der Waals surface area contributed by atoms with Crippen molar-refractivity contribution in [2.45, 2.75) is 6.92 Å². The summed E-state index contributed by atoms with van der Waals surface area (Å²) in [5, 5.41) is 7.93. The summed E-state index contributed by atoms with van der Waals surface area (Å²) in [5.41, 5.74) is 5.66. The van der Waals surface area contributed by atoms with E-state index in [9.17, 15) is 0 Å². The third-order valence-corrected chi connectivity index (χ3v) is 4.91. The van der Waals surface area contributed by atoms with E-state index in [-0.39, 0.29) is 0 Å². The van der Waals surface area contributed by atoms with Crippen molar-refractivity contribution in [1.29, 1.82) is 0 Å². The van der Waals surface area contributed by atoms with E-state index in [1.807, 2.05) is 23.0 Å². The van der Waals surface area contributed by atoms with E-state index in [0.717, 1.165) is 54.4 Å². The van der Waals surface area contributed by atoms with Gasteiger partial charge in [-0.05, 0) is 61.0 Å². The van der Waals surface area contributed by atoms with Gasteiger partial charge in [0, 0.05) is 37.4 Å². The first-order chi connectivity index (χ1) is 12.8. The Kier molecular flexibility index (Phi) is 4.63. The first kappa shape index (κ1) is 16.7. The fraction of sp³-hybridized carbons (Fsp3) is 0.286. The third kappa shape index (κ3) is 3.18. The highest BCUT2D eigenvalue weighted by atomic mass is 16.5. The maximum absolute atomic E-state index is 5.37. The van der Waals surface area contributed by atoms with Crippen LogP contribution in [0.25, 0.3) is 16.9 Å². The number of anilines is 1. The molecule has 1 saturated heterocycles. The molecular weight excluding hydrogens is 324 g/mol. The van der Waals surface area contributed by atoms with Crippen LogP contribution in [0.2, 0.25) is 0 Å². The zero-order valence-electron chi connectivity index (χ0n) is 15.3. The van der Waals surface area contributed by atoms with Gasteiger partial charge in [-0.3, -0.25) is 0 Å². The number of nitrogens with one attached hydrogen (secondary N) is 1. The normalized spacial score (nSPS) is 14.5. The lowest BCUT2D eigenvalue weighted by atomic mass is 10.1. The molecule has 0 radical (unpaired) electrons. The van der Waals surface area contributed by atoms with Gasteiger partial charge in [0.1, 0.15) is 5.75 Å². The van der Waals surface area contributed by atoms with Crippen LogP contribution in [0.3, 0.4) is 0 Å². The molecule has 1 aromatic heterocycles. The van der Waals surface area contributed by atoms with E-state index in [1.54, 1.807) is 7.11 Å². The van der Waals surface area contributed by atoms with E-state index in [1.165, 1.54) is 5.69 Å². The Hall–Kier alpha value is -2.79. The van der Waals surface area contributed by atoms with Crippen LogP contribution < -0.4 is 15.0 Å². The molecule has 2 heterocycles. The van der Waals surface area contributed by atoms with Crippen LogP contribution in [-0.2, 0) is 0 Å². The third-order valence-electron chi connectivity index (χ3n) is 4.91. The molecule has 26 heavy (non-hydrogen) atoms. The van der Waals surface area contributed by atoms with Crippen molar-refractivity contribution in [2.75, 3.05) is 38.2 Å². The van der Waals surface area contributed by atoms with Gasteiger partial charge in [0.05, 0.1) is 24.7 Å². The van der Waals surface area contributed by atoms with Crippen molar-refractivity contribution in [3.8, 4) is 22.7 Å². The summed E-state index contributed by atoms with van der Waals surface area (Å²) in [7, 11) is 1.70. The first-order valence-corrected chi connectivity index (χ1v) is 9.01. The number of benzene rings is 2. The van der Waals surface area contributed by atoms with Crippen molar-refractivity contribution >= 4 is 5.69 Å². The minimum absolute atomic E-state index is 0.903. The monoisotopic (exact) mass is 348 g/mol. The van der Waals surface area contributed by atoms with Gasteiger partial charge >= 0.3 is 0 Å². The first-order valence-electron chi connectivity index (χ1n) is 9.01. The molecule has 5 heteroatoms. The lowest BCUT2D eigenvalue weighted by Crippen LogP contribution is -2.43. The number of nitrogens with zero attached hydrogens (tertiary/aromatic N) is 3. The number of methoxy groups -OCH3 is 1. The van der Waals surface area contributed by atoms with E-state index in [2.05, 4.69) is 58.6 Å². The number of hydrogen-bond acceptors (Lipinski definition) is 4. The van der Waals surface area contributed by atoms with Crippen LogP contribution in [0, 0.1) is 6.92 Å². The summed E-state index contributed by atoms with van der Waals surface area (Å²) in [5.74, 6) is 0.903. The number of piperazine rings is 1. The molecule has 134 valence electrons. The molecule has 5 nitrogen and oxygen atoms in total. The van der Waals surface area contributed by atoms with Gasteiger partial charge in [0.15, 0.2) is 0 Å². The highest BCUT2D eigenvalue weighted by molar-refractivity contribution is 5.65. The van der Waals surface area contributed by atoms with Crippen LogP contribution in [0.15, 0.2) is 54.7 Å². The summed E-state index contributed by atoms with van der Waals surface area (Å²) < 4.78 is 7.36.